The van der Waals surface area contributed by atoms with E-state index in [0.717, 1.165) is 25.2 Å². The maximum atomic E-state index is 14.8. The monoisotopic (exact) mass is 548 g/mol. The second-order valence-corrected chi connectivity index (χ2v) is 12.6. The third-order valence-corrected chi connectivity index (χ3v) is 8.73. The van der Waals surface area contributed by atoms with Gasteiger partial charge in [0.2, 0.25) is 11.8 Å². The van der Waals surface area contributed by atoms with Gasteiger partial charge in [-0.15, -0.1) is 0 Å². The van der Waals surface area contributed by atoms with Gasteiger partial charge in [0, 0.05) is 94.0 Å². The summed E-state index contributed by atoms with van der Waals surface area (Å²) in [5.41, 5.74) is 0.768. The summed E-state index contributed by atoms with van der Waals surface area (Å²) < 4.78 is 29.5. The van der Waals surface area contributed by atoms with Crippen molar-refractivity contribution in [3.63, 3.8) is 0 Å². The molecule has 3 aliphatic rings. The molecule has 2 amide bonds. The Morgan fingerprint density at radius 2 is 1.82 bits per heavy atom. The molecule has 10 heteroatoms. The first-order valence-corrected chi connectivity index (χ1v) is 14.4. The summed E-state index contributed by atoms with van der Waals surface area (Å²) in [6.07, 6.45) is 1.62. The number of nitrogens with one attached hydrogen (secondary N) is 1. The first-order valence-electron chi connectivity index (χ1n) is 14.4. The zero-order valence-corrected chi connectivity index (χ0v) is 24.6. The molecule has 2 unspecified atom stereocenters. The molecule has 0 aliphatic carbocycles. The first kappa shape index (κ1) is 29.8. The lowest BCUT2D eigenvalue weighted by Gasteiger charge is -2.48. The van der Waals surface area contributed by atoms with E-state index in [2.05, 4.69) is 40.9 Å². The summed E-state index contributed by atoms with van der Waals surface area (Å²) in [6, 6.07) is 2.24. The zero-order chi connectivity index (χ0) is 28.7. The molecule has 0 bridgehead atoms. The second-order valence-electron chi connectivity index (χ2n) is 12.6. The van der Waals surface area contributed by atoms with Crippen LogP contribution in [0.3, 0.4) is 0 Å². The van der Waals surface area contributed by atoms with Gasteiger partial charge >= 0.3 is 0 Å². The smallest absolute Gasteiger partial charge is 0.289 e. The summed E-state index contributed by atoms with van der Waals surface area (Å²) in [5, 5.41) is 3.57. The normalized spacial score (nSPS) is 28.0. The van der Waals surface area contributed by atoms with Crippen molar-refractivity contribution in [2.24, 2.45) is 0 Å². The molecule has 39 heavy (non-hydrogen) atoms. The van der Waals surface area contributed by atoms with Gasteiger partial charge in [0.05, 0.1) is 12.2 Å². The summed E-state index contributed by atoms with van der Waals surface area (Å²) in [4.78, 5) is 38.2. The Morgan fingerprint density at radius 3 is 2.44 bits per heavy atom. The molecule has 0 radical (unpaired) electrons. The van der Waals surface area contributed by atoms with E-state index in [4.69, 9.17) is 0 Å². The van der Waals surface area contributed by atoms with Crippen LogP contribution in [0.5, 0.6) is 0 Å². The number of nitrogens with zero attached hydrogens (tertiary/aromatic N) is 5. The Kier molecular flexibility index (Phi) is 8.69. The molecule has 3 aliphatic heterocycles. The van der Waals surface area contributed by atoms with Gasteiger partial charge in [-0.25, -0.2) is 0 Å². The van der Waals surface area contributed by atoms with Gasteiger partial charge in [0.15, 0.2) is 0 Å². The molecule has 0 spiro atoms. The molecule has 1 N–H and O–H groups in total. The van der Waals surface area contributed by atoms with Crippen LogP contribution in [0.2, 0.25) is 0 Å². The topological polar surface area (TPSA) is 72.0 Å². The first-order chi connectivity index (χ1) is 18.2. The summed E-state index contributed by atoms with van der Waals surface area (Å²) in [6.45, 7) is 18.2. The number of piperazine rings is 2. The standard InChI is InChI=1S/C29H46F2N6O2/c1-8-9-29(30,31)26-10-25-24(12-33-26)28(6,7)18-37(25)27(39)17-35-13-19(2)32-11-23(35)16-36-20(3)14-34(22(5)38)15-21(36)4/h10,12,19-21,23,32H,8-9,11,13-18H2,1-7H3/t19?,20-,21?,23-/m1/s1. The number of hydrogen-bond donors (Lipinski definition) is 1. The summed E-state index contributed by atoms with van der Waals surface area (Å²) >= 11 is 0. The van der Waals surface area contributed by atoms with E-state index in [9.17, 15) is 18.4 Å². The number of carbonyl (C=O) groups excluding carboxylic acids is 2. The minimum absolute atomic E-state index is 0.0700. The highest BCUT2D eigenvalue weighted by Crippen LogP contribution is 2.43. The van der Waals surface area contributed by atoms with E-state index >= 15 is 0 Å². The highest BCUT2D eigenvalue weighted by molar-refractivity contribution is 5.97. The van der Waals surface area contributed by atoms with Crippen molar-refractivity contribution in [1.82, 2.24) is 25.0 Å². The molecular weight excluding hydrogens is 502 g/mol. The highest BCUT2D eigenvalue weighted by Gasteiger charge is 2.42. The van der Waals surface area contributed by atoms with Crippen LogP contribution < -0.4 is 10.2 Å². The van der Waals surface area contributed by atoms with E-state index in [1.54, 1.807) is 24.9 Å². The third kappa shape index (κ3) is 6.28. The minimum atomic E-state index is -3.02. The van der Waals surface area contributed by atoms with Crippen LogP contribution in [0.4, 0.5) is 14.5 Å². The Morgan fingerprint density at radius 1 is 1.15 bits per heavy atom. The lowest BCUT2D eigenvalue weighted by molar-refractivity contribution is -0.133. The molecular formula is C29H46F2N6O2. The van der Waals surface area contributed by atoms with E-state index < -0.39 is 5.92 Å². The van der Waals surface area contributed by atoms with Gasteiger partial charge < -0.3 is 15.1 Å². The van der Waals surface area contributed by atoms with Crippen molar-refractivity contribution >= 4 is 17.5 Å². The average molecular weight is 549 g/mol. The average Bonchev–Trinajstić information content (AvgIpc) is 3.12. The van der Waals surface area contributed by atoms with Gasteiger partial charge in [-0.3, -0.25) is 24.4 Å². The second kappa shape index (κ2) is 11.4. The van der Waals surface area contributed by atoms with Crippen LogP contribution in [0.1, 0.15) is 72.6 Å². The van der Waals surface area contributed by atoms with Crippen molar-refractivity contribution in [2.45, 2.75) is 96.8 Å². The predicted molar refractivity (Wildman–Crippen MR) is 149 cm³/mol. The molecule has 1 aromatic rings. The number of rotatable bonds is 7. The van der Waals surface area contributed by atoms with Crippen molar-refractivity contribution in [2.75, 3.05) is 50.7 Å². The number of aromatic nitrogens is 1. The maximum absolute atomic E-state index is 14.8. The van der Waals surface area contributed by atoms with E-state index in [-0.39, 0.29) is 60.1 Å². The largest absolute Gasteiger partial charge is 0.340 e. The number of anilines is 1. The lowest BCUT2D eigenvalue weighted by atomic mass is 9.88. The van der Waals surface area contributed by atoms with E-state index in [1.807, 2.05) is 18.7 Å². The minimum Gasteiger partial charge on any atom is -0.340 e. The highest BCUT2D eigenvalue weighted by atomic mass is 19.3. The Labute approximate surface area is 232 Å². The predicted octanol–water partition coefficient (Wildman–Crippen LogP) is 3.20. The van der Waals surface area contributed by atoms with Crippen LogP contribution in [-0.2, 0) is 20.9 Å². The van der Waals surface area contributed by atoms with Crippen LogP contribution in [0.25, 0.3) is 0 Å². The van der Waals surface area contributed by atoms with E-state index in [1.165, 1.54) is 6.07 Å². The number of amides is 2. The van der Waals surface area contributed by atoms with E-state index in [0.29, 0.717) is 31.7 Å². The van der Waals surface area contributed by atoms with Gasteiger partial charge in [-0.05, 0) is 26.8 Å². The molecule has 0 aromatic carbocycles. The molecule has 2 saturated heterocycles. The zero-order valence-electron chi connectivity index (χ0n) is 24.6. The van der Waals surface area contributed by atoms with Gasteiger partial charge in [-0.2, -0.15) is 8.78 Å². The molecule has 1 aromatic heterocycles. The van der Waals surface area contributed by atoms with Gasteiger partial charge in [0.25, 0.3) is 5.92 Å². The third-order valence-electron chi connectivity index (χ3n) is 8.73. The van der Waals surface area contributed by atoms with Crippen LogP contribution in [-0.4, -0.2) is 101 Å². The van der Waals surface area contributed by atoms with Crippen LogP contribution >= 0.6 is 0 Å². The van der Waals surface area contributed by atoms with Crippen molar-refractivity contribution < 1.29 is 18.4 Å². The molecule has 0 saturated carbocycles. The molecule has 8 nitrogen and oxygen atoms in total. The number of alkyl halides is 2. The number of carbonyl (C=O) groups is 2. The van der Waals surface area contributed by atoms with Gasteiger partial charge in [-0.1, -0.05) is 27.2 Å². The lowest BCUT2D eigenvalue weighted by Crippen LogP contribution is -2.65. The molecule has 218 valence electrons. The summed E-state index contributed by atoms with van der Waals surface area (Å²) in [7, 11) is 0. The summed E-state index contributed by atoms with van der Waals surface area (Å²) in [5.74, 6) is -2.99. The van der Waals surface area contributed by atoms with Crippen molar-refractivity contribution in [3.05, 3.63) is 23.5 Å². The molecule has 4 rings (SSSR count). The van der Waals surface area contributed by atoms with Crippen molar-refractivity contribution in [3.8, 4) is 0 Å². The Hall–Kier alpha value is -2.17. The van der Waals surface area contributed by atoms with Crippen LogP contribution in [0, 0.1) is 0 Å². The maximum Gasteiger partial charge on any atom is 0.289 e. The molecule has 4 atom stereocenters. The Bertz CT molecular complexity index is 1050. The molecule has 2 fully saturated rings. The van der Waals surface area contributed by atoms with Crippen molar-refractivity contribution in [1.29, 1.82) is 0 Å². The van der Waals surface area contributed by atoms with Crippen LogP contribution in [0.15, 0.2) is 12.3 Å². The van der Waals surface area contributed by atoms with Gasteiger partial charge in [0.1, 0.15) is 5.69 Å². The quantitative estimate of drug-likeness (QED) is 0.565. The fourth-order valence-corrected chi connectivity index (χ4v) is 6.50. The fraction of sp³-hybridized carbons (Fsp3) is 0.759. The number of halogens is 2. The number of pyridine rings is 1. The SMILES string of the molecule is CCCC(F)(F)c1cc2c(cn1)C(C)(C)CN2C(=O)CN1CC(C)NC[C@@H]1CN1C(C)CN(C(C)=O)C[C@H]1C. The fourth-order valence-electron chi connectivity index (χ4n) is 6.50. The number of hydrogen-bond acceptors (Lipinski definition) is 6. The number of fused-ring (bicyclic) bond motifs is 1. The molecule has 4 heterocycles. The Balaban J connectivity index is 1.52.